The summed E-state index contributed by atoms with van der Waals surface area (Å²) < 4.78 is 0. The third-order valence-electron chi connectivity index (χ3n) is 3.34. The molecular weight excluding hydrogens is 351 g/mol. The number of carboxylic acid groups (broad SMARTS) is 1. The lowest BCUT2D eigenvalue weighted by Gasteiger charge is -2.18. The van der Waals surface area contributed by atoms with Gasteiger partial charge in [0.1, 0.15) is 0 Å². The van der Waals surface area contributed by atoms with Gasteiger partial charge in [-0.3, -0.25) is 4.79 Å². The van der Waals surface area contributed by atoms with Crippen molar-refractivity contribution >= 4 is 40.9 Å². The first-order valence-corrected chi connectivity index (χ1v) is 7.91. The molecule has 0 aliphatic heterocycles. The molecule has 3 N–H and O–H groups in total. The van der Waals surface area contributed by atoms with E-state index in [0.29, 0.717) is 21.3 Å². The van der Waals surface area contributed by atoms with Crippen LogP contribution in [0.1, 0.15) is 23.6 Å². The van der Waals surface area contributed by atoms with E-state index in [9.17, 15) is 9.59 Å². The average molecular weight is 367 g/mol. The second kappa shape index (κ2) is 8.04. The summed E-state index contributed by atoms with van der Waals surface area (Å²) in [6, 6.07) is 10.8. The fourth-order valence-corrected chi connectivity index (χ4v) is 2.42. The summed E-state index contributed by atoms with van der Waals surface area (Å²) >= 11 is 11.7. The Labute approximate surface area is 149 Å². The van der Waals surface area contributed by atoms with E-state index >= 15 is 0 Å². The fourth-order valence-electron chi connectivity index (χ4n) is 2.12. The average Bonchev–Trinajstić information content (AvgIpc) is 2.50. The van der Waals surface area contributed by atoms with Crippen LogP contribution in [-0.4, -0.2) is 17.1 Å². The molecule has 0 aliphatic rings. The van der Waals surface area contributed by atoms with Crippen molar-refractivity contribution in [3.8, 4) is 0 Å². The number of halogens is 2. The molecule has 126 valence electrons. The summed E-state index contributed by atoms with van der Waals surface area (Å²) in [6.07, 6.45) is -0.224. The highest BCUT2D eigenvalue weighted by atomic mass is 35.5. The van der Waals surface area contributed by atoms with Crippen LogP contribution in [0.15, 0.2) is 42.5 Å². The van der Waals surface area contributed by atoms with E-state index in [4.69, 9.17) is 28.3 Å². The lowest BCUT2D eigenvalue weighted by atomic mass is 10.0. The van der Waals surface area contributed by atoms with Crippen molar-refractivity contribution in [2.75, 3.05) is 5.32 Å². The van der Waals surface area contributed by atoms with Crippen molar-refractivity contribution < 1.29 is 14.7 Å². The number of urea groups is 1. The van der Waals surface area contributed by atoms with E-state index in [-0.39, 0.29) is 6.42 Å². The van der Waals surface area contributed by atoms with Gasteiger partial charge in [-0.25, -0.2) is 4.79 Å². The highest BCUT2D eigenvalue weighted by Crippen LogP contribution is 2.25. The smallest absolute Gasteiger partial charge is 0.319 e. The highest BCUT2D eigenvalue weighted by molar-refractivity contribution is 6.42. The van der Waals surface area contributed by atoms with Gasteiger partial charge in [-0.1, -0.05) is 53.0 Å². The van der Waals surface area contributed by atoms with Crippen LogP contribution in [0.25, 0.3) is 0 Å². The van der Waals surface area contributed by atoms with Crippen molar-refractivity contribution in [3.63, 3.8) is 0 Å². The number of carbonyl (C=O) groups excluding carboxylic acids is 1. The van der Waals surface area contributed by atoms with Crippen LogP contribution in [0.2, 0.25) is 10.0 Å². The fraction of sp³-hybridized carbons (Fsp3) is 0.176. The van der Waals surface area contributed by atoms with Gasteiger partial charge in [-0.15, -0.1) is 0 Å². The molecule has 0 radical (unpaired) electrons. The molecule has 0 heterocycles. The summed E-state index contributed by atoms with van der Waals surface area (Å²) in [7, 11) is 0. The number of anilines is 1. The summed E-state index contributed by atoms with van der Waals surface area (Å²) in [5.41, 5.74) is 2.22. The van der Waals surface area contributed by atoms with Gasteiger partial charge in [0.15, 0.2) is 0 Å². The Morgan fingerprint density at radius 1 is 1.08 bits per heavy atom. The third kappa shape index (κ3) is 5.15. The van der Waals surface area contributed by atoms with Gasteiger partial charge in [0, 0.05) is 5.69 Å². The lowest BCUT2D eigenvalue weighted by molar-refractivity contribution is -0.137. The molecule has 0 aliphatic carbocycles. The molecule has 1 atom stereocenters. The number of benzene rings is 2. The minimum atomic E-state index is -1.00. The van der Waals surface area contributed by atoms with E-state index in [1.54, 1.807) is 24.3 Å². The number of aliphatic carboxylic acids is 1. The Morgan fingerprint density at radius 2 is 1.75 bits per heavy atom. The number of carbonyl (C=O) groups is 2. The largest absolute Gasteiger partial charge is 0.481 e. The lowest BCUT2D eigenvalue weighted by Crippen LogP contribution is -2.33. The number of carboxylic acids is 1. The van der Waals surface area contributed by atoms with Gasteiger partial charge in [-0.05, 0) is 30.7 Å². The highest BCUT2D eigenvalue weighted by Gasteiger charge is 2.18. The second-order valence-corrected chi connectivity index (χ2v) is 6.10. The van der Waals surface area contributed by atoms with Gasteiger partial charge in [0.2, 0.25) is 0 Å². The molecule has 2 aromatic carbocycles. The van der Waals surface area contributed by atoms with Crippen LogP contribution in [0.5, 0.6) is 0 Å². The maximum atomic E-state index is 12.1. The Morgan fingerprint density at radius 3 is 2.33 bits per heavy atom. The number of hydrogen-bond donors (Lipinski definition) is 3. The minimum absolute atomic E-state index is 0.224. The van der Waals surface area contributed by atoms with Crippen molar-refractivity contribution in [2.24, 2.45) is 0 Å². The first kappa shape index (κ1) is 18.1. The zero-order valence-electron chi connectivity index (χ0n) is 12.8. The summed E-state index contributed by atoms with van der Waals surface area (Å²) in [6.45, 7) is 1.93. The Balaban J connectivity index is 2.10. The predicted molar refractivity (Wildman–Crippen MR) is 94.8 cm³/mol. The van der Waals surface area contributed by atoms with Crippen LogP contribution >= 0.6 is 23.2 Å². The SMILES string of the molecule is Cc1ccc([C@H](CC(=O)O)NC(=O)Nc2ccc(Cl)c(Cl)c2)cc1. The van der Waals surface area contributed by atoms with Crippen molar-refractivity contribution in [2.45, 2.75) is 19.4 Å². The van der Waals surface area contributed by atoms with Gasteiger partial charge in [-0.2, -0.15) is 0 Å². The molecule has 24 heavy (non-hydrogen) atoms. The summed E-state index contributed by atoms with van der Waals surface area (Å²) in [5.74, 6) is -1.00. The number of amides is 2. The van der Waals surface area contributed by atoms with Crippen molar-refractivity contribution in [1.82, 2.24) is 5.32 Å². The third-order valence-corrected chi connectivity index (χ3v) is 4.08. The maximum absolute atomic E-state index is 12.1. The molecule has 0 spiro atoms. The zero-order valence-corrected chi connectivity index (χ0v) is 14.4. The van der Waals surface area contributed by atoms with Crippen LogP contribution < -0.4 is 10.6 Å². The number of rotatable bonds is 5. The van der Waals surface area contributed by atoms with E-state index in [1.807, 2.05) is 19.1 Å². The van der Waals surface area contributed by atoms with Crippen molar-refractivity contribution in [3.05, 3.63) is 63.6 Å². The molecule has 2 rings (SSSR count). The first-order valence-electron chi connectivity index (χ1n) is 7.16. The standard InChI is InChI=1S/C17H16Cl2N2O3/c1-10-2-4-11(5-3-10)15(9-16(22)23)21-17(24)20-12-6-7-13(18)14(19)8-12/h2-8,15H,9H2,1H3,(H,22,23)(H2,20,21,24)/t15-/m0/s1. The molecule has 0 bridgehead atoms. The maximum Gasteiger partial charge on any atom is 0.319 e. The van der Waals surface area contributed by atoms with Crippen LogP contribution in [0.4, 0.5) is 10.5 Å². The van der Waals surface area contributed by atoms with Crippen molar-refractivity contribution in [1.29, 1.82) is 0 Å². The Hall–Kier alpha value is -2.24. The number of nitrogens with one attached hydrogen (secondary N) is 2. The van der Waals surface area contributed by atoms with Gasteiger partial charge >= 0.3 is 12.0 Å². The molecule has 0 fully saturated rings. The summed E-state index contributed by atoms with van der Waals surface area (Å²) in [4.78, 5) is 23.2. The van der Waals surface area contributed by atoms with Crippen LogP contribution in [0, 0.1) is 6.92 Å². The molecule has 0 saturated carbocycles. The molecule has 0 aromatic heterocycles. The van der Waals surface area contributed by atoms with E-state index in [0.717, 1.165) is 5.56 Å². The Kier molecular flexibility index (Phi) is 6.06. The topological polar surface area (TPSA) is 78.4 Å². The molecular formula is C17H16Cl2N2O3. The molecule has 5 nitrogen and oxygen atoms in total. The zero-order chi connectivity index (χ0) is 17.7. The molecule has 2 aromatic rings. The van der Waals surface area contributed by atoms with Crippen LogP contribution in [0.3, 0.4) is 0 Å². The minimum Gasteiger partial charge on any atom is -0.481 e. The van der Waals surface area contributed by atoms with Gasteiger partial charge in [0.25, 0.3) is 0 Å². The van der Waals surface area contributed by atoms with Gasteiger partial charge < -0.3 is 15.7 Å². The normalized spacial score (nSPS) is 11.6. The second-order valence-electron chi connectivity index (χ2n) is 5.29. The number of aryl methyl sites for hydroxylation is 1. The first-order chi connectivity index (χ1) is 11.3. The van der Waals surface area contributed by atoms with E-state index in [1.165, 1.54) is 6.07 Å². The monoisotopic (exact) mass is 366 g/mol. The van der Waals surface area contributed by atoms with E-state index < -0.39 is 18.0 Å². The number of hydrogen-bond acceptors (Lipinski definition) is 2. The summed E-state index contributed by atoms with van der Waals surface area (Å²) in [5, 5.41) is 15.0. The molecule has 7 heteroatoms. The predicted octanol–water partition coefficient (Wildman–Crippen LogP) is 4.64. The molecule has 0 unspecified atom stereocenters. The quantitative estimate of drug-likeness (QED) is 0.720. The van der Waals surface area contributed by atoms with Crippen LogP contribution in [-0.2, 0) is 4.79 Å². The van der Waals surface area contributed by atoms with E-state index in [2.05, 4.69) is 10.6 Å². The Bertz CT molecular complexity index is 748. The molecule has 0 saturated heterocycles. The van der Waals surface area contributed by atoms with Gasteiger partial charge in [0.05, 0.1) is 22.5 Å². The molecule has 2 amide bonds.